The van der Waals surface area contributed by atoms with Gasteiger partial charge in [0.05, 0.1) is 0 Å². The molecule has 2 aliphatic rings. The van der Waals surface area contributed by atoms with E-state index in [1.54, 1.807) is 0 Å². The molecule has 11 heavy (non-hydrogen) atoms. The smallest absolute Gasteiger partial charge is 0.164 e. The van der Waals surface area contributed by atoms with Crippen LogP contribution in [0.15, 0.2) is 0 Å². The molecule has 4 atom stereocenters. The Bertz CT molecular complexity index is 190. The first kappa shape index (κ1) is 7.25. The number of aliphatic hydroxyl groups excluding tert-OH is 2. The molecule has 2 N–H and O–H groups in total. The quantitative estimate of drug-likeness (QED) is 0.541. The number of carbonyl (C=O) groups is 1. The second kappa shape index (κ2) is 2.29. The molecule has 0 spiro atoms. The summed E-state index contributed by atoms with van der Waals surface area (Å²) in [5.41, 5.74) is 0. The van der Waals surface area contributed by atoms with Gasteiger partial charge in [0.1, 0.15) is 6.10 Å². The molecule has 0 aromatic heterocycles. The van der Waals surface area contributed by atoms with E-state index in [1.165, 1.54) is 0 Å². The molecular weight excluding hydrogens is 144 g/mol. The van der Waals surface area contributed by atoms with Gasteiger partial charge in [-0.05, 0) is 24.7 Å². The summed E-state index contributed by atoms with van der Waals surface area (Å²) in [5.74, 6) is 0.195. The van der Waals surface area contributed by atoms with Crippen molar-refractivity contribution in [1.29, 1.82) is 0 Å². The van der Waals surface area contributed by atoms with Crippen LogP contribution in [0.2, 0.25) is 0 Å². The van der Waals surface area contributed by atoms with Crippen molar-refractivity contribution < 1.29 is 15.0 Å². The van der Waals surface area contributed by atoms with E-state index in [0.29, 0.717) is 0 Å². The van der Waals surface area contributed by atoms with Crippen molar-refractivity contribution in [2.45, 2.75) is 18.9 Å². The van der Waals surface area contributed by atoms with Crippen LogP contribution in [0.1, 0.15) is 12.8 Å². The van der Waals surface area contributed by atoms with Crippen molar-refractivity contribution >= 4 is 5.78 Å². The maximum absolute atomic E-state index is 11.2. The van der Waals surface area contributed by atoms with Crippen LogP contribution in [-0.2, 0) is 4.79 Å². The van der Waals surface area contributed by atoms with E-state index in [-0.39, 0.29) is 30.1 Å². The van der Waals surface area contributed by atoms with E-state index in [9.17, 15) is 9.90 Å². The van der Waals surface area contributed by atoms with Crippen LogP contribution in [0.4, 0.5) is 0 Å². The molecule has 62 valence electrons. The molecule has 4 unspecified atom stereocenters. The van der Waals surface area contributed by atoms with Gasteiger partial charge in [-0.1, -0.05) is 0 Å². The summed E-state index contributed by atoms with van der Waals surface area (Å²) in [7, 11) is 0. The highest BCUT2D eigenvalue weighted by Gasteiger charge is 2.51. The van der Waals surface area contributed by atoms with E-state index >= 15 is 0 Å². The van der Waals surface area contributed by atoms with Gasteiger partial charge >= 0.3 is 0 Å². The van der Waals surface area contributed by atoms with Gasteiger partial charge in [0.15, 0.2) is 5.78 Å². The van der Waals surface area contributed by atoms with Crippen molar-refractivity contribution in [3.63, 3.8) is 0 Å². The van der Waals surface area contributed by atoms with Crippen LogP contribution in [0.5, 0.6) is 0 Å². The predicted molar refractivity (Wildman–Crippen MR) is 37.8 cm³/mol. The lowest BCUT2D eigenvalue weighted by Crippen LogP contribution is -2.33. The lowest BCUT2D eigenvalue weighted by Gasteiger charge is -2.21. The Morgan fingerprint density at radius 2 is 2.18 bits per heavy atom. The Kier molecular flexibility index (Phi) is 1.51. The molecule has 0 heterocycles. The third kappa shape index (κ3) is 0.844. The van der Waals surface area contributed by atoms with Crippen molar-refractivity contribution in [2.24, 2.45) is 17.8 Å². The molecular formula is C8H12O3. The van der Waals surface area contributed by atoms with Crippen molar-refractivity contribution in [3.8, 4) is 0 Å². The van der Waals surface area contributed by atoms with Gasteiger partial charge in [0, 0.05) is 12.5 Å². The normalized spacial score (nSPS) is 48.7. The highest BCUT2D eigenvalue weighted by molar-refractivity contribution is 5.89. The van der Waals surface area contributed by atoms with Crippen molar-refractivity contribution in [2.75, 3.05) is 6.61 Å². The predicted octanol–water partition coefficient (Wildman–Crippen LogP) is -0.435. The van der Waals surface area contributed by atoms with E-state index < -0.39 is 6.10 Å². The maximum atomic E-state index is 11.2. The van der Waals surface area contributed by atoms with E-state index in [1.807, 2.05) is 0 Å². The minimum absolute atomic E-state index is 0.0414. The molecule has 0 aliphatic heterocycles. The summed E-state index contributed by atoms with van der Waals surface area (Å²) in [4.78, 5) is 11.2. The summed E-state index contributed by atoms with van der Waals surface area (Å²) in [6.45, 7) is 0.0969. The fourth-order valence-corrected chi connectivity index (χ4v) is 2.43. The first-order valence-corrected chi connectivity index (χ1v) is 4.06. The van der Waals surface area contributed by atoms with Crippen LogP contribution in [0, 0.1) is 17.8 Å². The molecule has 0 radical (unpaired) electrons. The number of hydrogen-bond acceptors (Lipinski definition) is 3. The van der Waals surface area contributed by atoms with Crippen molar-refractivity contribution in [3.05, 3.63) is 0 Å². The van der Waals surface area contributed by atoms with Gasteiger partial charge in [-0.2, -0.15) is 0 Å². The fourth-order valence-electron chi connectivity index (χ4n) is 2.43. The zero-order chi connectivity index (χ0) is 8.01. The second-order valence-corrected chi connectivity index (χ2v) is 3.63. The molecule has 3 heteroatoms. The van der Waals surface area contributed by atoms with Gasteiger partial charge in [0.25, 0.3) is 0 Å². The highest BCUT2D eigenvalue weighted by Crippen LogP contribution is 2.45. The topological polar surface area (TPSA) is 57.5 Å². The standard InChI is InChI=1S/C8H12O3/c9-3-5-1-4-2-6(5)8(11)7(4)10/h4-7,9-10H,1-3H2. The first-order chi connectivity index (χ1) is 5.24. The van der Waals surface area contributed by atoms with Crippen LogP contribution < -0.4 is 0 Å². The Hall–Kier alpha value is -0.410. The number of rotatable bonds is 1. The van der Waals surface area contributed by atoms with Crippen LogP contribution >= 0.6 is 0 Å². The Labute approximate surface area is 65.0 Å². The summed E-state index contributed by atoms with van der Waals surface area (Å²) in [5, 5.41) is 18.1. The van der Waals surface area contributed by atoms with Gasteiger partial charge in [-0.15, -0.1) is 0 Å². The molecule has 2 aliphatic carbocycles. The maximum Gasteiger partial charge on any atom is 0.164 e. The summed E-state index contributed by atoms with van der Waals surface area (Å²) < 4.78 is 0. The molecule has 2 fully saturated rings. The largest absolute Gasteiger partial charge is 0.396 e. The SMILES string of the molecule is O=C1C(O)C2CC(CO)C1C2. The van der Waals surface area contributed by atoms with Crippen LogP contribution in [0.3, 0.4) is 0 Å². The number of fused-ring (bicyclic) bond motifs is 2. The van der Waals surface area contributed by atoms with Gasteiger partial charge < -0.3 is 10.2 Å². The van der Waals surface area contributed by atoms with E-state index in [2.05, 4.69) is 0 Å². The minimum Gasteiger partial charge on any atom is -0.396 e. The Morgan fingerprint density at radius 3 is 2.64 bits per heavy atom. The summed E-state index contributed by atoms with van der Waals surface area (Å²) in [6, 6.07) is 0. The number of Topliss-reactive ketones (excluding diaryl/α,β-unsaturated/α-hetero) is 1. The van der Waals surface area contributed by atoms with Crippen LogP contribution in [-0.4, -0.2) is 28.7 Å². The average Bonchev–Trinajstić information content (AvgIpc) is 2.53. The molecule has 0 aromatic rings. The average molecular weight is 156 g/mol. The molecule has 0 saturated heterocycles. The minimum atomic E-state index is -0.720. The molecule has 2 rings (SSSR count). The number of hydrogen-bond donors (Lipinski definition) is 2. The number of aliphatic hydroxyl groups is 2. The van der Waals surface area contributed by atoms with Crippen molar-refractivity contribution in [1.82, 2.24) is 0 Å². The number of ketones is 1. The molecule has 0 aromatic carbocycles. The summed E-state index contributed by atoms with van der Waals surface area (Å²) in [6.07, 6.45) is 0.905. The zero-order valence-electron chi connectivity index (χ0n) is 6.23. The van der Waals surface area contributed by atoms with E-state index in [4.69, 9.17) is 5.11 Å². The molecule has 2 saturated carbocycles. The van der Waals surface area contributed by atoms with E-state index in [0.717, 1.165) is 12.8 Å². The van der Waals surface area contributed by atoms with Gasteiger partial charge in [-0.3, -0.25) is 4.79 Å². The highest BCUT2D eigenvalue weighted by atomic mass is 16.3. The van der Waals surface area contributed by atoms with Gasteiger partial charge in [-0.25, -0.2) is 0 Å². The molecule has 2 bridgehead atoms. The third-order valence-electron chi connectivity index (χ3n) is 3.07. The molecule has 3 nitrogen and oxygen atoms in total. The monoisotopic (exact) mass is 156 g/mol. The number of carbonyl (C=O) groups excluding carboxylic acids is 1. The second-order valence-electron chi connectivity index (χ2n) is 3.63. The fraction of sp³-hybridized carbons (Fsp3) is 0.875. The van der Waals surface area contributed by atoms with Gasteiger partial charge in [0.2, 0.25) is 0 Å². The Morgan fingerprint density at radius 1 is 1.45 bits per heavy atom. The lowest BCUT2D eigenvalue weighted by atomic mass is 9.87. The lowest BCUT2D eigenvalue weighted by molar-refractivity contribution is -0.132. The Balaban J connectivity index is 2.16. The molecule has 0 amide bonds. The summed E-state index contributed by atoms with van der Waals surface area (Å²) >= 11 is 0. The zero-order valence-corrected chi connectivity index (χ0v) is 6.23. The third-order valence-corrected chi connectivity index (χ3v) is 3.07. The van der Waals surface area contributed by atoms with Crippen LogP contribution in [0.25, 0.3) is 0 Å². The first-order valence-electron chi connectivity index (χ1n) is 4.06.